The van der Waals surface area contributed by atoms with E-state index >= 15 is 0 Å². The molecule has 0 aliphatic rings. The maximum absolute atomic E-state index is 10.7. The van der Waals surface area contributed by atoms with Gasteiger partial charge in [0.15, 0.2) is 0 Å². The molecule has 0 N–H and O–H groups in total. The number of aromatic nitrogens is 2. The second-order valence-corrected chi connectivity index (χ2v) is 11.9. The molecule has 0 radical (unpaired) electrons. The van der Waals surface area contributed by atoms with Gasteiger partial charge in [0.05, 0.1) is 50.6 Å². The van der Waals surface area contributed by atoms with E-state index in [0.29, 0.717) is 11.1 Å². The number of nitrogens with zero attached hydrogens (tertiary/aromatic N) is 4. The molecule has 2 heterocycles. The summed E-state index contributed by atoms with van der Waals surface area (Å²) in [6, 6.07) is 58.9. The highest BCUT2D eigenvalue weighted by Crippen LogP contribution is 2.40. The Kier molecular flexibility index (Phi) is 6.22. The first-order chi connectivity index (χ1) is 23.8. The van der Waals surface area contributed by atoms with E-state index in [0.717, 1.165) is 66.5 Å². The molecule has 0 amide bonds. The number of hydrogen-bond donors (Lipinski definition) is 0. The molecule has 222 valence electrons. The van der Waals surface area contributed by atoms with Gasteiger partial charge in [-0.3, -0.25) is 0 Å². The molecule has 7 aromatic carbocycles. The van der Waals surface area contributed by atoms with Crippen molar-refractivity contribution < 1.29 is 0 Å². The van der Waals surface area contributed by atoms with E-state index in [1.807, 2.05) is 54.6 Å². The van der Waals surface area contributed by atoms with E-state index in [4.69, 9.17) is 0 Å². The van der Waals surface area contributed by atoms with Crippen LogP contribution in [0.15, 0.2) is 158 Å². The molecule has 0 aliphatic heterocycles. The minimum Gasteiger partial charge on any atom is -0.309 e. The first-order valence-electron chi connectivity index (χ1n) is 15.9. The third kappa shape index (κ3) is 4.01. The van der Waals surface area contributed by atoms with E-state index in [-0.39, 0.29) is 0 Å². The molecule has 4 nitrogen and oxygen atoms in total. The fraction of sp³-hybridized carbons (Fsp3) is 0. The first kappa shape index (κ1) is 27.4. The summed E-state index contributed by atoms with van der Waals surface area (Å²) in [5, 5.41) is 25.0. The average Bonchev–Trinajstić information content (AvgIpc) is 3.67. The molecule has 0 bridgehead atoms. The fourth-order valence-corrected chi connectivity index (χ4v) is 7.41. The van der Waals surface area contributed by atoms with Gasteiger partial charge in [0, 0.05) is 32.7 Å². The molecule has 0 saturated heterocycles. The second-order valence-electron chi connectivity index (χ2n) is 11.9. The summed E-state index contributed by atoms with van der Waals surface area (Å²) >= 11 is 0. The van der Waals surface area contributed by atoms with Crippen molar-refractivity contribution in [2.75, 3.05) is 0 Å². The molecule has 4 heteroatoms. The van der Waals surface area contributed by atoms with Gasteiger partial charge >= 0.3 is 0 Å². The third-order valence-electron chi connectivity index (χ3n) is 9.42. The Morgan fingerprint density at radius 3 is 1.60 bits per heavy atom. The van der Waals surface area contributed by atoms with Crippen molar-refractivity contribution in [2.24, 2.45) is 0 Å². The van der Waals surface area contributed by atoms with Gasteiger partial charge in [0.2, 0.25) is 0 Å². The lowest BCUT2D eigenvalue weighted by Gasteiger charge is -2.16. The zero-order chi connectivity index (χ0) is 32.2. The Morgan fingerprint density at radius 1 is 0.396 bits per heavy atom. The monoisotopic (exact) mass is 610 g/mol. The van der Waals surface area contributed by atoms with Gasteiger partial charge in [-0.25, -0.2) is 0 Å². The van der Waals surface area contributed by atoms with E-state index < -0.39 is 0 Å². The number of hydrogen-bond acceptors (Lipinski definition) is 2. The zero-order valence-corrected chi connectivity index (χ0v) is 25.8. The summed E-state index contributed by atoms with van der Waals surface area (Å²) in [6.45, 7) is 0. The van der Waals surface area contributed by atoms with Crippen LogP contribution in [0.1, 0.15) is 11.1 Å². The summed E-state index contributed by atoms with van der Waals surface area (Å²) in [5.74, 6) is 0. The summed E-state index contributed by atoms with van der Waals surface area (Å²) in [6.07, 6.45) is 0. The Hall–Kier alpha value is -6.88. The van der Waals surface area contributed by atoms with Gasteiger partial charge in [-0.15, -0.1) is 0 Å². The summed E-state index contributed by atoms with van der Waals surface area (Å²) in [5.41, 5.74) is 11.2. The maximum Gasteiger partial charge on any atom is 0.102 e. The van der Waals surface area contributed by atoms with Crippen molar-refractivity contribution in [1.29, 1.82) is 10.5 Å². The van der Waals surface area contributed by atoms with Gasteiger partial charge in [0.25, 0.3) is 0 Å². The topological polar surface area (TPSA) is 57.4 Å². The van der Waals surface area contributed by atoms with Crippen LogP contribution in [0.3, 0.4) is 0 Å². The van der Waals surface area contributed by atoms with Crippen molar-refractivity contribution in [3.63, 3.8) is 0 Å². The van der Waals surface area contributed by atoms with Crippen LogP contribution in [-0.4, -0.2) is 9.13 Å². The lowest BCUT2D eigenvalue weighted by Crippen LogP contribution is -2.00. The highest BCUT2D eigenvalue weighted by atomic mass is 15.0. The minimum atomic E-state index is 0.579. The quantitative estimate of drug-likeness (QED) is 0.199. The highest BCUT2D eigenvalue weighted by Gasteiger charge is 2.20. The van der Waals surface area contributed by atoms with Crippen LogP contribution in [0.25, 0.3) is 77.2 Å². The van der Waals surface area contributed by atoms with Gasteiger partial charge in [-0.1, -0.05) is 109 Å². The van der Waals surface area contributed by atoms with E-state index in [2.05, 4.69) is 124 Å². The highest BCUT2D eigenvalue weighted by molar-refractivity contribution is 6.12. The molecule has 0 spiro atoms. The molecule has 2 aromatic heterocycles. The number of para-hydroxylation sites is 4. The van der Waals surface area contributed by atoms with Gasteiger partial charge in [0.1, 0.15) is 6.07 Å². The molecule has 48 heavy (non-hydrogen) atoms. The zero-order valence-electron chi connectivity index (χ0n) is 25.8. The summed E-state index contributed by atoms with van der Waals surface area (Å²) in [7, 11) is 0. The standard InChI is InChI=1S/C44H26N4/c45-27-31-14-10-25-43-44(31)36-18-4-8-23-41(36)48(43)42-24-11-19-32(37(42)28-46)29-12-9-13-30(26-29)33-15-1-5-20-38(33)47-39-21-6-2-16-34(39)35-17-3-7-22-40(35)47/h1-26H. The van der Waals surface area contributed by atoms with Gasteiger partial charge < -0.3 is 9.13 Å². The van der Waals surface area contributed by atoms with Gasteiger partial charge in [-0.05, 0) is 59.7 Å². The molecular formula is C44H26N4. The normalized spacial score (nSPS) is 11.3. The average molecular weight is 611 g/mol. The molecule has 0 unspecified atom stereocenters. The van der Waals surface area contributed by atoms with Crippen LogP contribution in [-0.2, 0) is 0 Å². The van der Waals surface area contributed by atoms with Crippen LogP contribution in [0.5, 0.6) is 0 Å². The van der Waals surface area contributed by atoms with Crippen LogP contribution >= 0.6 is 0 Å². The summed E-state index contributed by atoms with van der Waals surface area (Å²) in [4.78, 5) is 0. The predicted molar refractivity (Wildman–Crippen MR) is 195 cm³/mol. The molecule has 9 aromatic rings. The van der Waals surface area contributed by atoms with Gasteiger partial charge in [-0.2, -0.15) is 10.5 Å². The van der Waals surface area contributed by atoms with Crippen molar-refractivity contribution in [3.8, 4) is 45.8 Å². The predicted octanol–water partition coefficient (Wildman–Crippen LogP) is 11.0. The second kappa shape index (κ2) is 10.9. The number of fused-ring (bicyclic) bond motifs is 6. The Morgan fingerprint density at radius 2 is 0.896 bits per heavy atom. The number of nitriles is 2. The smallest absolute Gasteiger partial charge is 0.102 e. The molecule has 0 atom stereocenters. The Balaban J connectivity index is 1.25. The van der Waals surface area contributed by atoms with Crippen LogP contribution in [0, 0.1) is 22.7 Å². The molecular weight excluding hydrogens is 585 g/mol. The van der Waals surface area contributed by atoms with Crippen LogP contribution < -0.4 is 0 Å². The molecule has 0 fully saturated rings. The van der Waals surface area contributed by atoms with Crippen molar-refractivity contribution >= 4 is 43.6 Å². The molecule has 0 aliphatic carbocycles. The Labute approximate surface area is 277 Å². The van der Waals surface area contributed by atoms with E-state index in [1.165, 1.54) is 10.8 Å². The van der Waals surface area contributed by atoms with Crippen molar-refractivity contribution in [2.45, 2.75) is 0 Å². The third-order valence-corrected chi connectivity index (χ3v) is 9.42. The lowest BCUT2D eigenvalue weighted by molar-refractivity contribution is 1.17. The fourth-order valence-electron chi connectivity index (χ4n) is 7.41. The largest absolute Gasteiger partial charge is 0.309 e. The summed E-state index contributed by atoms with van der Waals surface area (Å²) < 4.78 is 4.47. The van der Waals surface area contributed by atoms with Crippen molar-refractivity contribution in [3.05, 3.63) is 169 Å². The molecule has 9 rings (SSSR count). The maximum atomic E-state index is 10.7. The SMILES string of the molecule is N#Cc1c(-c2cccc(-c3ccccc3-n3c4ccccc4c4ccccc43)c2)cccc1-n1c2ccccc2c2c(C#N)cccc21. The number of rotatable bonds is 4. The Bertz CT molecular complexity index is 2760. The minimum absolute atomic E-state index is 0.579. The number of benzene rings is 7. The lowest BCUT2D eigenvalue weighted by atomic mass is 9.94. The van der Waals surface area contributed by atoms with E-state index in [1.54, 1.807) is 0 Å². The van der Waals surface area contributed by atoms with E-state index in [9.17, 15) is 10.5 Å². The first-order valence-corrected chi connectivity index (χ1v) is 15.9. The van der Waals surface area contributed by atoms with Crippen LogP contribution in [0.2, 0.25) is 0 Å². The van der Waals surface area contributed by atoms with Crippen LogP contribution in [0.4, 0.5) is 0 Å². The van der Waals surface area contributed by atoms with Crippen molar-refractivity contribution in [1.82, 2.24) is 9.13 Å². The molecule has 0 saturated carbocycles.